The predicted octanol–water partition coefficient (Wildman–Crippen LogP) is 3.03. The van der Waals surface area contributed by atoms with Crippen LogP contribution >= 0.6 is 12.4 Å². The van der Waals surface area contributed by atoms with Crippen LogP contribution in [0.3, 0.4) is 0 Å². The number of amides is 3. The van der Waals surface area contributed by atoms with Crippen molar-refractivity contribution in [1.29, 1.82) is 0 Å². The average molecular weight is 423 g/mol. The largest absolute Gasteiger partial charge is 0.351 e. The fraction of sp³-hybridized carbons (Fsp3) is 0.636. The summed E-state index contributed by atoms with van der Waals surface area (Å²) in [5.41, 5.74) is 2.23. The maximum atomic E-state index is 12.9. The molecular formula is C22H35ClN4O2. The molecule has 0 aliphatic carbocycles. The first-order valence-electron chi connectivity index (χ1n) is 10.6. The SMILES string of the molecule is Cc1ccc(CNC(=O)NC(CC(C)C)C(=O)NC2CC3CCC(C2)N3)cc1.Cl. The van der Waals surface area contributed by atoms with E-state index in [9.17, 15) is 9.59 Å². The van der Waals surface area contributed by atoms with Crippen LogP contribution in [-0.4, -0.2) is 36.1 Å². The van der Waals surface area contributed by atoms with Gasteiger partial charge in [0, 0.05) is 24.7 Å². The third-order valence-electron chi connectivity index (χ3n) is 5.72. The average Bonchev–Trinajstić information content (AvgIpc) is 2.98. The number of aryl methyl sites for hydroxylation is 1. The summed E-state index contributed by atoms with van der Waals surface area (Å²) in [7, 11) is 0. The van der Waals surface area contributed by atoms with E-state index in [0.717, 1.165) is 18.4 Å². The maximum Gasteiger partial charge on any atom is 0.315 e. The Hall–Kier alpha value is -1.79. The summed E-state index contributed by atoms with van der Waals surface area (Å²) in [6.07, 6.45) is 4.99. The zero-order valence-corrected chi connectivity index (χ0v) is 18.5. The Morgan fingerprint density at radius 3 is 2.31 bits per heavy atom. The first-order valence-corrected chi connectivity index (χ1v) is 10.6. The van der Waals surface area contributed by atoms with Crippen LogP contribution in [0.5, 0.6) is 0 Å². The fourth-order valence-corrected chi connectivity index (χ4v) is 4.28. The van der Waals surface area contributed by atoms with Gasteiger partial charge in [-0.15, -0.1) is 12.4 Å². The molecule has 0 radical (unpaired) electrons. The molecule has 3 amide bonds. The monoisotopic (exact) mass is 422 g/mol. The number of benzene rings is 1. The molecule has 2 bridgehead atoms. The van der Waals surface area contributed by atoms with Gasteiger partial charge in [-0.3, -0.25) is 4.79 Å². The molecule has 3 rings (SSSR count). The quantitative estimate of drug-likeness (QED) is 0.545. The Morgan fingerprint density at radius 2 is 1.72 bits per heavy atom. The van der Waals surface area contributed by atoms with Crippen molar-refractivity contribution in [3.63, 3.8) is 0 Å². The van der Waals surface area contributed by atoms with Crippen molar-refractivity contribution in [1.82, 2.24) is 21.3 Å². The van der Waals surface area contributed by atoms with Crippen LogP contribution in [0.2, 0.25) is 0 Å². The Balaban J connectivity index is 0.00000300. The van der Waals surface area contributed by atoms with Crippen LogP contribution in [0.25, 0.3) is 0 Å². The van der Waals surface area contributed by atoms with Gasteiger partial charge >= 0.3 is 6.03 Å². The zero-order chi connectivity index (χ0) is 20.1. The second kappa shape index (κ2) is 10.8. The summed E-state index contributed by atoms with van der Waals surface area (Å²) in [4.78, 5) is 25.2. The van der Waals surface area contributed by atoms with E-state index in [1.165, 1.54) is 18.4 Å². The Labute approximate surface area is 180 Å². The lowest BCUT2D eigenvalue weighted by Crippen LogP contribution is -2.55. The fourth-order valence-electron chi connectivity index (χ4n) is 4.28. The van der Waals surface area contributed by atoms with Gasteiger partial charge in [0.25, 0.3) is 0 Å². The van der Waals surface area contributed by atoms with E-state index < -0.39 is 6.04 Å². The van der Waals surface area contributed by atoms with Gasteiger partial charge in [0.15, 0.2) is 0 Å². The summed E-state index contributed by atoms with van der Waals surface area (Å²) >= 11 is 0. The van der Waals surface area contributed by atoms with E-state index in [2.05, 4.69) is 35.1 Å². The highest BCUT2D eigenvalue weighted by Crippen LogP contribution is 2.26. The highest BCUT2D eigenvalue weighted by molar-refractivity contribution is 5.87. The lowest BCUT2D eigenvalue weighted by Gasteiger charge is -2.31. The molecule has 3 atom stereocenters. The number of carbonyl (C=O) groups excluding carboxylic acids is 2. The van der Waals surface area contributed by atoms with E-state index in [0.29, 0.717) is 31.0 Å². The minimum absolute atomic E-state index is 0. The minimum Gasteiger partial charge on any atom is -0.351 e. The van der Waals surface area contributed by atoms with E-state index in [1.807, 2.05) is 31.2 Å². The molecule has 3 unspecified atom stereocenters. The number of piperidine rings is 1. The molecule has 162 valence electrons. The summed E-state index contributed by atoms with van der Waals surface area (Å²) in [6, 6.07) is 8.50. The summed E-state index contributed by atoms with van der Waals surface area (Å²) in [6.45, 7) is 6.61. The molecule has 2 heterocycles. The van der Waals surface area contributed by atoms with Gasteiger partial charge in [0.05, 0.1) is 0 Å². The number of fused-ring (bicyclic) bond motifs is 2. The number of hydrogen-bond acceptors (Lipinski definition) is 3. The summed E-state index contributed by atoms with van der Waals surface area (Å²) < 4.78 is 0. The van der Waals surface area contributed by atoms with Crippen LogP contribution in [0.4, 0.5) is 4.79 Å². The number of nitrogens with one attached hydrogen (secondary N) is 4. The third-order valence-corrected chi connectivity index (χ3v) is 5.72. The molecule has 2 aliphatic rings. The Morgan fingerprint density at radius 1 is 1.10 bits per heavy atom. The van der Waals surface area contributed by atoms with Crippen molar-refractivity contribution < 1.29 is 9.59 Å². The smallest absolute Gasteiger partial charge is 0.315 e. The van der Waals surface area contributed by atoms with Gasteiger partial charge < -0.3 is 21.3 Å². The lowest BCUT2D eigenvalue weighted by atomic mass is 9.98. The number of urea groups is 1. The van der Waals surface area contributed by atoms with Gasteiger partial charge in [-0.25, -0.2) is 4.79 Å². The molecule has 7 heteroatoms. The summed E-state index contributed by atoms with van der Waals surface area (Å²) in [5.74, 6) is 0.253. The van der Waals surface area contributed by atoms with Crippen molar-refractivity contribution in [2.24, 2.45) is 5.92 Å². The normalized spacial score (nSPS) is 23.8. The first-order chi connectivity index (χ1) is 13.4. The van der Waals surface area contributed by atoms with Gasteiger partial charge in [-0.2, -0.15) is 0 Å². The van der Waals surface area contributed by atoms with Gasteiger partial charge in [-0.1, -0.05) is 43.7 Å². The number of halogens is 1. The molecule has 0 aromatic heterocycles. The number of hydrogen-bond donors (Lipinski definition) is 4. The maximum absolute atomic E-state index is 12.9. The highest BCUT2D eigenvalue weighted by atomic mass is 35.5. The molecule has 1 aromatic rings. The van der Waals surface area contributed by atoms with E-state index >= 15 is 0 Å². The number of rotatable bonds is 7. The van der Waals surface area contributed by atoms with Gasteiger partial charge in [-0.05, 0) is 50.5 Å². The molecule has 0 saturated carbocycles. The molecule has 6 nitrogen and oxygen atoms in total. The van der Waals surface area contributed by atoms with Crippen molar-refractivity contribution in [3.8, 4) is 0 Å². The lowest BCUT2D eigenvalue weighted by molar-refractivity contribution is -0.124. The Bertz CT molecular complexity index is 668. The second-order valence-corrected chi connectivity index (χ2v) is 8.81. The van der Waals surface area contributed by atoms with Crippen LogP contribution in [0.15, 0.2) is 24.3 Å². The van der Waals surface area contributed by atoms with Gasteiger partial charge in [0.2, 0.25) is 5.91 Å². The van der Waals surface area contributed by atoms with Crippen molar-refractivity contribution >= 4 is 24.3 Å². The van der Waals surface area contributed by atoms with Crippen LogP contribution in [0.1, 0.15) is 57.1 Å². The highest BCUT2D eigenvalue weighted by Gasteiger charge is 2.35. The molecule has 2 saturated heterocycles. The van der Waals surface area contributed by atoms with Crippen molar-refractivity contribution in [2.75, 3.05) is 0 Å². The molecule has 2 aliphatic heterocycles. The Kier molecular flexibility index (Phi) is 8.78. The number of carbonyl (C=O) groups is 2. The van der Waals surface area contributed by atoms with E-state index in [1.54, 1.807) is 0 Å². The molecular weight excluding hydrogens is 388 g/mol. The molecule has 0 spiro atoms. The van der Waals surface area contributed by atoms with Crippen molar-refractivity contribution in [3.05, 3.63) is 35.4 Å². The van der Waals surface area contributed by atoms with Crippen LogP contribution in [0, 0.1) is 12.8 Å². The van der Waals surface area contributed by atoms with E-state index in [4.69, 9.17) is 0 Å². The van der Waals surface area contributed by atoms with Crippen LogP contribution < -0.4 is 21.3 Å². The molecule has 4 N–H and O–H groups in total. The second-order valence-electron chi connectivity index (χ2n) is 8.81. The third kappa shape index (κ3) is 7.19. The van der Waals surface area contributed by atoms with Gasteiger partial charge in [0.1, 0.15) is 6.04 Å². The first kappa shape index (κ1) is 23.5. The standard InChI is InChI=1S/C22H34N4O2.ClH/c1-14(2)10-20(21(27)25-19-11-17-8-9-18(12-19)24-17)26-22(28)23-13-16-6-4-15(3)5-7-16;/h4-7,14,17-20,24H,8-13H2,1-3H3,(H,25,27)(H2,23,26,28);1H. The predicted molar refractivity (Wildman–Crippen MR) is 118 cm³/mol. The molecule has 2 fully saturated rings. The van der Waals surface area contributed by atoms with E-state index in [-0.39, 0.29) is 30.4 Å². The molecule has 29 heavy (non-hydrogen) atoms. The molecule has 1 aromatic carbocycles. The zero-order valence-electron chi connectivity index (χ0n) is 17.7. The summed E-state index contributed by atoms with van der Waals surface area (Å²) in [5, 5.41) is 12.5. The van der Waals surface area contributed by atoms with Crippen LogP contribution in [-0.2, 0) is 11.3 Å². The van der Waals surface area contributed by atoms with Crippen molar-refractivity contribution in [2.45, 2.75) is 83.6 Å². The minimum atomic E-state index is -0.509. The topological polar surface area (TPSA) is 82.3 Å².